The Labute approximate surface area is 211 Å². The molecule has 3 N–H and O–H groups in total. The molecule has 0 aromatic rings. The lowest BCUT2D eigenvalue weighted by Crippen LogP contribution is -2.60. The number of ether oxygens (including phenoxy) is 2. The smallest absolute Gasteiger partial charge is 0.199 e. The van der Waals surface area contributed by atoms with E-state index in [-0.39, 0.29) is 39.8 Å². The second-order valence-electron chi connectivity index (χ2n) is 15.9. The van der Waals surface area contributed by atoms with Crippen molar-refractivity contribution >= 4 is 0 Å². The molecule has 3 spiro atoms. The molecule has 7 rings (SSSR count). The first kappa shape index (κ1) is 23.9. The first-order valence-electron chi connectivity index (χ1n) is 14.6. The van der Waals surface area contributed by atoms with Crippen LogP contribution in [-0.4, -0.2) is 51.1 Å². The minimum Gasteiger partial charge on any atom is -0.393 e. The number of aliphatic hydroxyl groups excluding tert-OH is 2. The maximum absolute atomic E-state index is 12.5. The van der Waals surface area contributed by atoms with Crippen molar-refractivity contribution in [3.63, 3.8) is 0 Å². The van der Waals surface area contributed by atoms with Gasteiger partial charge in [0.2, 0.25) is 0 Å². The van der Waals surface area contributed by atoms with Crippen LogP contribution >= 0.6 is 0 Å². The summed E-state index contributed by atoms with van der Waals surface area (Å²) in [4.78, 5) is 0. The van der Waals surface area contributed by atoms with E-state index >= 15 is 0 Å². The molecule has 5 saturated carbocycles. The molecule has 2 heterocycles. The van der Waals surface area contributed by atoms with Crippen LogP contribution in [0.25, 0.3) is 0 Å². The predicted molar refractivity (Wildman–Crippen MR) is 132 cm³/mol. The molecule has 0 aromatic carbocycles. The van der Waals surface area contributed by atoms with Crippen LogP contribution in [0.2, 0.25) is 0 Å². The molecule has 7 fully saturated rings. The maximum atomic E-state index is 12.5. The average molecular weight is 489 g/mol. The average Bonchev–Trinajstić information content (AvgIpc) is 3.28. The standard InChI is InChI=1S/C30H48O5/c1-16-14-17-22(25(4,5)33)35-30(34-17)21(16)26(6)12-13-29-15-28(29)11-10-20(31)24(2,3)18(28)8-9-19(29)27(26,7)23(30)32/h16-23,31-33H,8-15H2,1-7H3/t16?,17-,18?,19-,20-,21?,22+,23-,26+,27+,28+,29-,30?/m0/s1. The Morgan fingerprint density at radius 3 is 2.20 bits per heavy atom. The zero-order valence-electron chi connectivity index (χ0n) is 22.9. The molecule has 5 heteroatoms. The highest BCUT2D eigenvalue weighted by molar-refractivity contribution is 5.34. The number of aliphatic hydroxyl groups is 3. The van der Waals surface area contributed by atoms with Crippen LogP contribution in [0.5, 0.6) is 0 Å². The molecule has 2 aliphatic heterocycles. The van der Waals surface area contributed by atoms with Crippen molar-refractivity contribution in [2.75, 3.05) is 0 Å². The lowest BCUT2D eigenvalue weighted by Gasteiger charge is -2.63. The van der Waals surface area contributed by atoms with Gasteiger partial charge in [0.1, 0.15) is 12.2 Å². The van der Waals surface area contributed by atoms with Crippen molar-refractivity contribution < 1.29 is 24.8 Å². The van der Waals surface area contributed by atoms with Gasteiger partial charge in [0, 0.05) is 11.3 Å². The summed E-state index contributed by atoms with van der Waals surface area (Å²) in [6, 6.07) is 0. The zero-order chi connectivity index (χ0) is 25.2. The summed E-state index contributed by atoms with van der Waals surface area (Å²) in [5.41, 5.74) is -0.788. The maximum Gasteiger partial charge on any atom is 0.199 e. The van der Waals surface area contributed by atoms with Crippen molar-refractivity contribution in [2.45, 2.75) is 136 Å². The monoisotopic (exact) mass is 488 g/mol. The molecular formula is C30H48O5. The predicted octanol–water partition coefficient (Wildman–Crippen LogP) is 4.66. The Kier molecular flexibility index (Phi) is 4.32. The Morgan fingerprint density at radius 1 is 0.857 bits per heavy atom. The van der Waals surface area contributed by atoms with Crippen molar-refractivity contribution in [1.29, 1.82) is 0 Å². The summed E-state index contributed by atoms with van der Waals surface area (Å²) in [5.74, 6) is 0.523. The molecule has 35 heavy (non-hydrogen) atoms. The van der Waals surface area contributed by atoms with Gasteiger partial charge in [0.25, 0.3) is 0 Å². The molecule has 13 atom stereocenters. The van der Waals surface area contributed by atoms with Gasteiger partial charge in [-0.15, -0.1) is 0 Å². The summed E-state index contributed by atoms with van der Waals surface area (Å²) in [7, 11) is 0. The molecule has 2 saturated heterocycles. The quantitative estimate of drug-likeness (QED) is 0.500. The molecule has 5 nitrogen and oxygen atoms in total. The molecular weight excluding hydrogens is 440 g/mol. The number of hydrogen-bond donors (Lipinski definition) is 3. The third-order valence-electron chi connectivity index (χ3n) is 14.2. The fourth-order valence-corrected chi connectivity index (χ4v) is 12.7. The molecule has 198 valence electrons. The zero-order valence-corrected chi connectivity index (χ0v) is 22.9. The van der Waals surface area contributed by atoms with E-state index in [1.165, 1.54) is 12.8 Å². The number of rotatable bonds is 1. The van der Waals surface area contributed by atoms with Gasteiger partial charge in [-0.25, -0.2) is 0 Å². The van der Waals surface area contributed by atoms with Gasteiger partial charge in [-0.05, 0) is 105 Å². The summed E-state index contributed by atoms with van der Waals surface area (Å²) in [6.45, 7) is 15.4. The van der Waals surface area contributed by atoms with Gasteiger partial charge in [-0.3, -0.25) is 0 Å². The fourth-order valence-electron chi connectivity index (χ4n) is 12.7. The Bertz CT molecular complexity index is 957. The normalized spacial score (nSPS) is 63.9. The highest BCUT2D eigenvalue weighted by Crippen LogP contribution is 2.90. The van der Waals surface area contributed by atoms with Crippen LogP contribution < -0.4 is 0 Å². The van der Waals surface area contributed by atoms with Crippen molar-refractivity contribution in [3.05, 3.63) is 0 Å². The molecule has 0 radical (unpaired) electrons. The number of hydrogen-bond acceptors (Lipinski definition) is 5. The van der Waals surface area contributed by atoms with Crippen molar-refractivity contribution in [3.8, 4) is 0 Å². The Morgan fingerprint density at radius 2 is 1.51 bits per heavy atom. The summed E-state index contributed by atoms with van der Waals surface area (Å²) in [5, 5.41) is 34.4. The van der Waals surface area contributed by atoms with Gasteiger partial charge in [-0.2, -0.15) is 0 Å². The Hall–Kier alpha value is -0.200. The fraction of sp³-hybridized carbons (Fsp3) is 1.00. The van der Waals surface area contributed by atoms with Crippen LogP contribution in [0.1, 0.15) is 99.8 Å². The van der Waals surface area contributed by atoms with Gasteiger partial charge in [0.05, 0.1) is 17.8 Å². The molecule has 0 aromatic heterocycles. The second kappa shape index (κ2) is 6.33. The lowest BCUT2D eigenvalue weighted by atomic mass is 9.41. The van der Waals surface area contributed by atoms with Crippen LogP contribution in [0.3, 0.4) is 0 Å². The third kappa shape index (κ3) is 2.30. The minimum absolute atomic E-state index is 0.0331. The van der Waals surface area contributed by atoms with E-state index in [0.29, 0.717) is 23.2 Å². The molecule has 5 aliphatic carbocycles. The largest absolute Gasteiger partial charge is 0.393 e. The molecule has 4 unspecified atom stereocenters. The van der Waals surface area contributed by atoms with E-state index in [1.807, 2.05) is 13.8 Å². The van der Waals surface area contributed by atoms with E-state index < -0.39 is 23.6 Å². The van der Waals surface area contributed by atoms with Crippen LogP contribution in [-0.2, 0) is 9.47 Å². The first-order chi connectivity index (χ1) is 16.1. The second-order valence-corrected chi connectivity index (χ2v) is 15.9. The van der Waals surface area contributed by atoms with E-state index in [0.717, 1.165) is 38.5 Å². The summed E-state index contributed by atoms with van der Waals surface area (Å²) >= 11 is 0. The van der Waals surface area contributed by atoms with E-state index in [9.17, 15) is 15.3 Å². The van der Waals surface area contributed by atoms with Crippen molar-refractivity contribution in [2.24, 2.45) is 50.7 Å². The molecule has 7 aliphatic rings. The summed E-state index contributed by atoms with van der Waals surface area (Å²) in [6.07, 6.45) is 7.36. The van der Waals surface area contributed by atoms with Gasteiger partial charge < -0.3 is 24.8 Å². The lowest BCUT2D eigenvalue weighted by molar-refractivity contribution is -0.282. The highest BCUT2D eigenvalue weighted by atomic mass is 16.8. The van der Waals surface area contributed by atoms with E-state index in [1.54, 1.807) is 0 Å². The molecule has 0 amide bonds. The number of fused-ring (bicyclic) bond motifs is 4. The minimum atomic E-state index is -1.01. The first-order valence-corrected chi connectivity index (χ1v) is 14.6. The van der Waals surface area contributed by atoms with Crippen LogP contribution in [0, 0.1) is 50.7 Å². The van der Waals surface area contributed by atoms with Gasteiger partial charge >= 0.3 is 0 Å². The molecule has 2 bridgehead atoms. The van der Waals surface area contributed by atoms with Crippen LogP contribution in [0.15, 0.2) is 0 Å². The van der Waals surface area contributed by atoms with Crippen LogP contribution in [0.4, 0.5) is 0 Å². The van der Waals surface area contributed by atoms with E-state index in [2.05, 4.69) is 34.6 Å². The van der Waals surface area contributed by atoms with Gasteiger partial charge in [0.15, 0.2) is 5.79 Å². The highest BCUT2D eigenvalue weighted by Gasteiger charge is 2.88. The van der Waals surface area contributed by atoms with Crippen molar-refractivity contribution in [1.82, 2.24) is 0 Å². The topological polar surface area (TPSA) is 79.2 Å². The van der Waals surface area contributed by atoms with E-state index in [4.69, 9.17) is 9.47 Å². The Balaban J connectivity index is 1.33. The summed E-state index contributed by atoms with van der Waals surface area (Å²) < 4.78 is 13.6. The SMILES string of the molecule is CC1C[C@@H]2OC3(O[C@H]2C(C)(C)O)C1[C@@]1(C)CC[C@@]24C[C@@]25CC[C@H](O)C(C)(C)C5CC[C@H]4[C@]1(C)[C@@H]3O. The third-order valence-corrected chi connectivity index (χ3v) is 14.2. The van der Waals surface area contributed by atoms with Gasteiger partial charge in [-0.1, -0.05) is 34.6 Å².